The van der Waals surface area contributed by atoms with Gasteiger partial charge in [-0.05, 0) is 49.4 Å². The molecule has 0 spiro atoms. The third-order valence-electron chi connectivity index (χ3n) is 2.84. The molecule has 2 aromatic rings. The van der Waals surface area contributed by atoms with Crippen LogP contribution in [0.5, 0.6) is 0 Å². The molecule has 108 valence electrons. The standard InChI is InChI=1S/C16H12F2O3/c1-10(15(19)11-5-7-13(17)8-6-11)21-16(20)12-3-2-4-14(18)9-12/h2-10H,1H3. The summed E-state index contributed by atoms with van der Waals surface area (Å²) in [7, 11) is 0. The van der Waals surface area contributed by atoms with E-state index in [9.17, 15) is 18.4 Å². The maximum absolute atomic E-state index is 13.0. The largest absolute Gasteiger partial charge is 0.451 e. The number of benzene rings is 2. The van der Waals surface area contributed by atoms with Crippen molar-refractivity contribution < 1.29 is 23.1 Å². The van der Waals surface area contributed by atoms with Crippen molar-refractivity contribution in [2.75, 3.05) is 0 Å². The molecule has 0 saturated heterocycles. The molecule has 0 amide bonds. The number of carbonyl (C=O) groups excluding carboxylic acids is 2. The fourth-order valence-electron chi connectivity index (χ4n) is 1.75. The summed E-state index contributed by atoms with van der Waals surface area (Å²) in [5, 5.41) is 0. The number of ether oxygens (including phenoxy) is 1. The van der Waals surface area contributed by atoms with Crippen molar-refractivity contribution in [1.29, 1.82) is 0 Å². The van der Waals surface area contributed by atoms with Crippen molar-refractivity contribution in [1.82, 2.24) is 0 Å². The van der Waals surface area contributed by atoms with E-state index in [2.05, 4.69) is 0 Å². The first-order valence-corrected chi connectivity index (χ1v) is 6.23. The second kappa shape index (κ2) is 6.26. The van der Waals surface area contributed by atoms with E-state index in [-0.39, 0.29) is 11.1 Å². The van der Waals surface area contributed by atoms with E-state index in [0.29, 0.717) is 0 Å². The Morgan fingerprint density at radius 3 is 2.24 bits per heavy atom. The number of hydrogen-bond acceptors (Lipinski definition) is 3. The van der Waals surface area contributed by atoms with Crippen LogP contribution in [0.4, 0.5) is 8.78 Å². The molecular weight excluding hydrogens is 278 g/mol. The Kier molecular flexibility index (Phi) is 4.42. The van der Waals surface area contributed by atoms with Crippen LogP contribution in [0.15, 0.2) is 48.5 Å². The lowest BCUT2D eigenvalue weighted by Crippen LogP contribution is -2.24. The normalized spacial score (nSPS) is 11.8. The highest BCUT2D eigenvalue weighted by molar-refractivity contribution is 6.01. The van der Waals surface area contributed by atoms with Gasteiger partial charge in [-0.15, -0.1) is 0 Å². The first kappa shape index (κ1) is 14.8. The molecule has 0 aliphatic carbocycles. The quantitative estimate of drug-likeness (QED) is 0.640. The van der Waals surface area contributed by atoms with Crippen LogP contribution in [0.3, 0.4) is 0 Å². The van der Waals surface area contributed by atoms with Crippen molar-refractivity contribution in [2.45, 2.75) is 13.0 Å². The minimum absolute atomic E-state index is 0.0220. The van der Waals surface area contributed by atoms with E-state index in [1.54, 1.807) is 0 Å². The molecule has 0 saturated carbocycles. The Balaban J connectivity index is 2.07. The van der Waals surface area contributed by atoms with Gasteiger partial charge in [-0.3, -0.25) is 4.79 Å². The number of esters is 1. The molecule has 0 aromatic heterocycles. The van der Waals surface area contributed by atoms with E-state index in [1.165, 1.54) is 37.3 Å². The Morgan fingerprint density at radius 2 is 1.62 bits per heavy atom. The summed E-state index contributed by atoms with van der Waals surface area (Å²) in [6.07, 6.45) is -1.05. The number of Topliss-reactive ketones (excluding diaryl/α,β-unsaturated/α-hetero) is 1. The Hall–Kier alpha value is -2.56. The fraction of sp³-hybridized carbons (Fsp3) is 0.125. The summed E-state index contributed by atoms with van der Waals surface area (Å²) in [5.74, 6) is -2.28. The van der Waals surface area contributed by atoms with Gasteiger partial charge in [0, 0.05) is 5.56 Å². The molecule has 0 heterocycles. The van der Waals surface area contributed by atoms with Crippen LogP contribution in [0.1, 0.15) is 27.6 Å². The van der Waals surface area contributed by atoms with Gasteiger partial charge in [0.25, 0.3) is 0 Å². The first-order valence-electron chi connectivity index (χ1n) is 6.23. The molecule has 0 N–H and O–H groups in total. The van der Waals surface area contributed by atoms with E-state index in [0.717, 1.165) is 18.2 Å². The SMILES string of the molecule is CC(OC(=O)c1cccc(F)c1)C(=O)c1ccc(F)cc1. The molecule has 2 aromatic carbocycles. The number of hydrogen-bond donors (Lipinski definition) is 0. The summed E-state index contributed by atoms with van der Waals surface area (Å²) in [5.41, 5.74) is 0.254. The number of halogens is 2. The first-order chi connectivity index (χ1) is 9.97. The summed E-state index contributed by atoms with van der Waals surface area (Å²) < 4.78 is 30.8. The zero-order valence-electron chi connectivity index (χ0n) is 11.2. The predicted molar refractivity (Wildman–Crippen MR) is 72.0 cm³/mol. The maximum Gasteiger partial charge on any atom is 0.338 e. The molecule has 0 radical (unpaired) electrons. The number of rotatable bonds is 4. The van der Waals surface area contributed by atoms with Crippen molar-refractivity contribution in [2.24, 2.45) is 0 Å². The van der Waals surface area contributed by atoms with Crippen molar-refractivity contribution in [3.8, 4) is 0 Å². The minimum Gasteiger partial charge on any atom is -0.451 e. The Labute approximate surface area is 120 Å². The molecule has 0 aliphatic rings. The van der Waals surface area contributed by atoms with Gasteiger partial charge in [0.15, 0.2) is 6.10 Å². The van der Waals surface area contributed by atoms with Gasteiger partial charge < -0.3 is 4.74 Å². The van der Waals surface area contributed by atoms with Crippen molar-refractivity contribution in [3.63, 3.8) is 0 Å². The zero-order valence-corrected chi connectivity index (χ0v) is 11.2. The Morgan fingerprint density at radius 1 is 0.952 bits per heavy atom. The van der Waals surface area contributed by atoms with Crippen LogP contribution < -0.4 is 0 Å². The van der Waals surface area contributed by atoms with E-state index in [1.807, 2.05) is 0 Å². The minimum atomic E-state index is -1.05. The molecule has 0 fully saturated rings. The van der Waals surface area contributed by atoms with Crippen LogP contribution in [-0.2, 0) is 4.74 Å². The van der Waals surface area contributed by atoms with Gasteiger partial charge in [-0.25, -0.2) is 13.6 Å². The maximum atomic E-state index is 13.0. The molecule has 0 aliphatic heterocycles. The van der Waals surface area contributed by atoms with Gasteiger partial charge in [0.05, 0.1) is 5.56 Å². The second-order valence-electron chi connectivity index (χ2n) is 4.43. The van der Waals surface area contributed by atoms with Crippen molar-refractivity contribution in [3.05, 3.63) is 71.3 Å². The van der Waals surface area contributed by atoms with E-state index < -0.39 is 29.5 Å². The predicted octanol–water partition coefficient (Wildman–Crippen LogP) is 3.39. The summed E-state index contributed by atoms with van der Waals surface area (Å²) in [6.45, 7) is 1.41. The molecule has 0 bridgehead atoms. The van der Waals surface area contributed by atoms with Crippen LogP contribution in [0.25, 0.3) is 0 Å². The van der Waals surface area contributed by atoms with Gasteiger partial charge in [0.2, 0.25) is 5.78 Å². The smallest absolute Gasteiger partial charge is 0.338 e. The van der Waals surface area contributed by atoms with Gasteiger partial charge >= 0.3 is 5.97 Å². The zero-order chi connectivity index (χ0) is 15.4. The van der Waals surface area contributed by atoms with Crippen LogP contribution >= 0.6 is 0 Å². The monoisotopic (exact) mass is 290 g/mol. The van der Waals surface area contributed by atoms with Gasteiger partial charge in [-0.1, -0.05) is 6.07 Å². The number of ketones is 1. The second-order valence-corrected chi connectivity index (χ2v) is 4.43. The third-order valence-corrected chi connectivity index (χ3v) is 2.84. The highest BCUT2D eigenvalue weighted by Crippen LogP contribution is 2.11. The number of carbonyl (C=O) groups is 2. The lowest BCUT2D eigenvalue weighted by Gasteiger charge is -2.12. The molecule has 1 atom stereocenters. The van der Waals surface area contributed by atoms with Crippen LogP contribution in [-0.4, -0.2) is 17.9 Å². The molecule has 3 nitrogen and oxygen atoms in total. The van der Waals surface area contributed by atoms with Crippen molar-refractivity contribution >= 4 is 11.8 Å². The summed E-state index contributed by atoms with van der Waals surface area (Å²) in [4.78, 5) is 23.8. The lowest BCUT2D eigenvalue weighted by molar-refractivity contribution is 0.0318. The highest BCUT2D eigenvalue weighted by atomic mass is 19.1. The average Bonchev–Trinajstić information content (AvgIpc) is 2.47. The Bertz CT molecular complexity index is 665. The van der Waals surface area contributed by atoms with Gasteiger partial charge in [-0.2, -0.15) is 0 Å². The molecule has 21 heavy (non-hydrogen) atoms. The molecule has 1 unspecified atom stereocenters. The highest BCUT2D eigenvalue weighted by Gasteiger charge is 2.20. The molecule has 2 rings (SSSR count). The topological polar surface area (TPSA) is 43.4 Å². The van der Waals surface area contributed by atoms with Gasteiger partial charge in [0.1, 0.15) is 11.6 Å². The fourth-order valence-corrected chi connectivity index (χ4v) is 1.75. The van der Waals surface area contributed by atoms with Crippen LogP contribution in [0.2, 0.25) is 0 Å². The lowest BCUT2D eigenvalue weighted by atomic mass is 10.1. The summed E-state index contributed by atoms with van der Waals surface area (Å²) in [6, 6.07) is 9.90. The van der Waals surface area contributed by atoms with E-state index >= 15 is 0 Å². The van der Waals surface area contributed by atoms with Crippen LogP contribution in [0, 0.1) is 11.6 Å². The summed E-state index contributed by atoms with van der Waals surface area (Å²) >= 11 is 0. The molecular formula is C16H12F2O3. The third kappa shape index (κ3) is 3.72. The average molecular weight is 290 g/mol. The molecule has 5 heteroatoms. The van der Waals surface area contributed by atoms with E-state index in [4.69, 9.17) is 4.74 Å².